The Balaban J connectivity index is 2.52. The van der Waals surface area contributed by atoms with Crippen LogP contribution in [0, 0.1) is 0 Å². The summed E-state index contributed by atoms with van der Waals surface area (Å²) in [6.45, 7) is 3.14. The van der Waals surface area contributed by atoms with Gasteiger partial charge in [0.1, 0.15) is 11.9 Å². The van der Waals surface area contributed by atoms with E-state index < -0.39 is 23.6 Å². The largest absolute Gasteiger partial charge is 0.496 e. The molecule has 2 rings (SSSR count). The predicted octanol–water partition coefficient (Wildman–Crippen LogP) is 1.92. The zero-order valence-corrected chi connectivity index (χ0v) is 13.6. The molecule has 0 spiro atoms. The average molecular weight is 320 g/mol. The number of methoxy groups -OCH3 is 2. The van der Waals surface area contributed by atoms with Crippen molar-refractivity contribution in [3.05, 3.63) is 41.0 Å². The van der Waals surface area contributed by atoms with Crippen LogP contribution >= 0.6 is 0 Å². The summed E-state index contributed by atoms with van der Waals surface area (Å²) in [7, 11) is 2.70. The number of ether oxygens (including phenoxy) is 3. The molecule has 0 aliphatic carbocycles. The summed E-state index contributed by atoms with van der Waals surface area (Å²) >= 11 is 0. The maximum atomic E-state index is 12.2. The van der Waals surface area contributed by atoms with E-state index in [9.17, 15) is 14.7 Å². The second-order valence-electron chi connectivity index (χ2n) is 5.80. The van der Waals surface area contributed by atoms with Crippen LogP contribution in [0.5, 0.6) is 0 Å². The van der Waals surface area contributed by atoms with Crippen LogP contribution in [0.2, 0.25) is 0 Å². The van der Waals surface area contributed by atoms with E-state index in [-0.39, 0.29) is 17.8 Å². The van der Waals surface area contributed by atoms with E-state index >= 15 is 0 Å². The first kappa shape index (κ1) is 17.0. The molecule has 0 amide bonds. The quantitative estimate of drug-likeness (QED) is 0.518. The highest BCUT2D eigenvalue weighted by molar-refractivity contribution is 6.02. The number of carbonyl (C=O) groups excluding carboxylic acids is 2. The van der Waals surface area contributed by atoms with Crippen LogP contribution in [-0.2, 0) is 19.0 Å². The summed E-state index contributed by atoms with van der Waals surface area (Å²) in [6, 6.07) is 6.69. The molecule has 0 saturated carbocycles. The molecule has 124 valence electrons. The van der Waals surface area contributed by atoms with E-state index in [0.717, 1.165) is 0 Å². The normalized spacial score (nSPS) is 20.0. The van der Waals surface area contributed by atoms with Gasteiger partial charge in [0, 0.05) is 12.0 Å². The highest BCUT2D eigenvalue weighted by Crippen LogP contribution is 2.34. The Morgan fingerprint density at radius 2 is 1.83 bits per heavy atom. The Kier molecular flexibility index (Phi) is 4.75. The Morgan fingerprint density at radius 3 is 2.30 bits per heavy atom. The first-order valence-electron chi connectivity index (χ1n) is 7.17. The molecular weight excluding hydrogens is 300 g/mol. The molecule has 1 aliphatic heterocycles. The molecule has 0 aromatic heterocycles. The van der Waals surface area contributed by atoms with Crippen molar-refractivity contribution in [2.24, 2.45) is 0 Å². The van der Waals surface area contributed by atoms with Crippen molar-refractivity contribution in [3.8, 4) is 0 Å². The van der Waals surface area contributed by atoms with Crippen LogP contribution in [0.1, 0.15) is 36.2 Å². The number of esters is 2. The predicted molar refractivity (Wildman–Crippen MR) is 82.5 cm³/mol. The lowest BCUT2D eigenvalue weighted by Gasteiger charge is -2.23. The second kappa shape index (κ2) is 6.42. The summed E-state index contributed by atoms with van der Waals surface area (Å²) in [4.78, 5) is 24.1. The maximum Gasteiger partial charge on any atom is 0.338 e. The highest BCUT2D eigenvalue weighted by atomic mass is 16.6. The second-order valence-corrected chi connectivity index (χ2v) is 5.80. The van der Waals surface area contributed by atoms with E-state index in [1.165, 1.54) is 14.2 Å². The third-order valence-electron chi connectivity index (χ3n) is 3.73. The number of carbonyl (C=O) groups is 2. The van der Waals surface area contributed by atoms with Crippen molar-refractivity contribution in [2.45, 2.75) is 32.0 Å². The van der Waals surface area contributed by atoms with Gasteiger partial charge in [-0.2, -0.15) is 0 Å². The molecule has 1 atom stereocenters. The van der Waals surface area contributed by atoms with Gasteiger partial charge in [0.2, 0.25) is 0 Å². The number of rotatable bonds is 4. The summed E-state index contributed by atoms with van der Waals surface area (Å²) in [5.74, 6) is -0.836. The minimum atomic E-state index is -1.17. The molecule has 1 saturated heterocycles. The van der Waals surface area contributed by atoms with Crippen LogP contribution in [0.15, 0.2) is 29.8 Å². The summed E-state index contributed by atoms with van der Waals surface area (Å²) in [5, 5.41) is 10.0. The minimum Gasteiger partial charge on any atom is -0.496 e. The zero-order valence-electron chi connectivity index (χ0n) is 13.6. The number of hydrogen-bond donors (Lipinski definition) is 1. The van der Waals surface area contributed by atoms with E-state index in [1.807, 2.05) is 0 Å². The van der Waals surface area contributed by atoms with E-state index in [4.69, 9.17) is 14.2 Å². The van der Waals surface area contributed by atoms with Gasteiger partial charge in [0.05, 0.1) is 31.0 Å². The minimum absolute atomic E-state index is 0.195. The van der Waals surface area contributed by atoms with Gasteiger partial charge in [-0.25, -0.2) is 9.59 Å². The lowest BCUT2D eigenvalue weighted by atomic mass is 9.95. The van der Waals surface area contributed by atoms with Crippen LogP contribution in [0.3, 0.4) is 0 Å². The van der Waals surface area contributed by atoms with Crippen LogP contribution < -0.4 is 0 Å². The van der Waals surface area contributed by atoms with Crippen molar-refractivity contribution >= 4 is 17.7 Å². The van der Waals surface area contributed by atoms with E-state index in [2.05, 4.69) is 0 Å². The zero-order chi connectivity index (χ0) is 17.2. The fraction of sp³-hybridized carbons (Fsp3) is 0.412. The molecule has 1 aromatic carbocycles. The fourth-order valence-electron chi connectivity index (χ4n) is 2.45. The van der Waals surface area contributed by atoms with Gasteiger partial charge in [-0.15, -0.1) is 0 Å². The van der Waals surface area contributed by atoms with Gasteiger partial charge in [-0.05, 0) is 19.9 Å². The molecule has 23 heavy (non-hydrogen) atoms. The molecule has 1 heterocycles. The highest BCUT2D eigenvalue weighted by Gasteiger charge is 2.41. The standard InChI is InChI=1S/C17H20O6/c1-17(2,20)13-9-12(16(19)23-13)14(21-3)10-7-5-6-8-11(10)15(18)22-4/h5-8,13,20H,9H2,1-4H3/b14-12+/t13-/m0/s1. The van der Waals surface area contributed by atoms with Gasteiger partial charge in [-0.1, -0.05) is 18.2 Å². The lowest BCUT2D eigenvalue weighted by Crippen LogP contribution is -2.35. The van der Waals surface area contributed by atoms with Crippen molar-refractivity contribution in [2.75, 3.05) is 14.2 Å². The molecule has 1 aromatic rings. The van der Waals surface area contributed by atoms with Crippen molar-refractivity contribution < 1.29 is 28.9 Å². The average Bonchev–Trinajstić information content (AvgIpc) is 2.90. The number of hydrogen-bond acceptors (Lipinski definition) is 6. The van der Waals surface area contributed by atoms with Gasteiger partial charge in [0.25, 0.3) is 0 Å². The molecular formula is C17H20O6. The van der Waals surface area contributed by atoms with Gasteiger partial charge >= 0.3 is 11.9 Å². The summed E-state index contributed by atoms with van der Waals surface area (Å²) in [6.07, 6.45) is -0.471. The monoisotopic (exact) mass is 320 g/mol. The SMILES string of the molecule is COC(=O)c1ccccc1/C(OC)=C1/C[C@@H](C(C)(C)O)OC1=O. The van der Waals surface area contributed by atoms with E-state index in [0.29, 0.717) is 11.1 Å². The van der Waals surface area contributed by atoms with Crippen LogP contribution in [0.4, 0.5) is 0 Å². The number of aliphatic hydroxyl groups is 1. The van der Waals surface area contributed by atoms with Crippen LogP contribution in [-0.4, -0.2) is 43.0 Å². The number of benzene rings is 1. The summed E-state index contributed by atoms with van der Waals surface area (Å²) in [5.41, 5.74) is -0.141. The van der Waals surface area contributed by atoms with Crippen molar-refractivity contribution in [1.82, 2.24) is 0 Å². The molecule has 0 unspecified atom stereocenters. The Hall–Kier alpha value is -2.34. The van der Waals surface area contributed by atoms with Gasteiger partial charge in [-0.3, -0.25) is 0 Å². The van der Waals surface area contributed by atoms with Crippen molar-refractivity contribution in [3.63, 3.8) is 0 Å². The molecule has 6 heteroatoms. The first-order valence-corrected chi connectivity index (χ1v) is 7.17. The molecule has 1 fully saturated rings. The van der Waals surface area contributed by atoms with Gasteiger partial charge in [0.15, 0.2) is 0 Å². The molecule has 0 bridgehead atoms. The molecule has 0 radical (unpaired) electrons. The Morgan fingerprint density at radius 1 is 1.22 bits per heavy atom. The molecule has 1 N–H and O–H groups in total. The third-order valence-corrected chi connectivity index (χ3v) is 3.73. The first-order chi connectivity index (χ1) is 10.8. The smallest absolute Gasteiger partial charge is 0.338 e. The summed E-state index contributed by atoms with van der Waals surface area (Å²) < 4.78 is 15.4. The number of cyclic esters (lactones) is 1. The topological polar surface area (TPSA) is 82.1 Å². The van der Waals surface area contributed by atoms with E-state index in [1.54, 1.807) is 38.1 Å². The van der Waals surface area contributed by atoms with Crippen LogP contribution in [0.25, 0.3) is 5.76 Å². The van der Waals surface area contributed by atoms with Crippen molar-refractivity contribution in [1.29, 1.82) is 0 Å². The lowest BCUT2D eigenvalue weighted by molar-refractivity contribution is -0.148. The Labute approximate surface area is 134 Å². The molecule has 6 nitrogen and oxygen atoms in total. The maximum absolute atomic E-state index is 12.2. The molecule has 1 aliphatic rings. The third kappa shape index (κ3) is 3.37. The van der Waals surface area contributed by atoms with Gasteiger partial charge < -0.3 is 19.3 Å². The Bertz CT molecular complexity index is 653. The fourth-order valence-corrected chi connectivity index (χ4v) is 2.45.